The highest BCUT2D eigenvalue weighted by Crippen LogP contribution is 2.19. The molecule has 0 atom stereocenters. The van der Waals surface area contributed by atoms with Crippen molar-refractivity contribution in [1.29, 1.82) is 0 Å². The van der Waals surface area contributed by atoms with Crippen molar-refractivity contribution in [3.63, 3.8) is 0 Å². The molecule has 1 aliphatic carbocycles. The van der Waals surface area contributed by atoms with Crippen LogP contribution in [0.1, 0.15) is 57.9 Å². The molecule has 0 spiro atoms. The van der Waals surface area contributed by atoms with Gasteiger partial charge in [0, 0.05) is 6.54 Å². The van der Waals surface area contributed by atoms with Crippen LogP contribution in [0, 0.1) is 5.92 Å². The smallest absolute Gasteiger partial charge is 0.119 e. The molecule has 122 valence electrons. The summed E-state index contributed by atoms with van der Waals surface area (Å²) in [5.74, 6) is 1.68. The largest absolute Gasteiger partial charge is 0.494 e. The van der Waals surface area contributed by atoms with Gasteiger partial charge in [0.15, 0.2) is 0 Å². The lowest BCUT2D eigenvalue weighted by Gasteiger charge is -2.13. The summed E-state index contributed by atoms with van der Waals surface area (Å²) in [6.07, 6.45) is 10.1. The minimum absolute atomic E-state index is 0.697. The molecule has 0 amide bonds. The normalized spacial score (nSPS) is 15.0. The molecule has 0 aliphatic heterocycles. The summed E-state index contributed by atoms with van der Waals surface area (Å²) in [6, 6.07) is 8.50. The summed E-state index contributed by atoms with van der Waals surface area (Å²) in [6.45, 7) is 7.28. The number of hydrogen-bond acceptors (Lipinski definition) is 2. The van der Waals surface area contributed by atoms with E-state index in [2.05, 4.69) is 49.5 Å². The SMILES string of the molecule is CC(C)CCOc1ccc(CNCCC2=CCCCC2)cc1. The van der Waals surface area contributed by atoms with Gasteiger partial charge < -0.3 is 10.1 Å². The first kappa shape index (κ1) is 17.1. The molecule has 0 saturated carbocycles. The van der Waals surface area contributed by atoms with Crippen molar-refractivity contribution in [2.24, 2.45) is 5.92 Å². The molecule has 0 unspecified atom stereocenters. The molecule has 0 radical (unpaired) electrons. The van der Waals surface area contributed by atoms with Crippen molar-refractivity contribution in [2.45, 2.75) is 58.9 Å². The van der Waals surface area contributed by atoms with Crippen molar-refractivity contribution >= 4 is 0 Å². The van der Waals surface area contributed by atoms with Crippen LogP contribution >= 0.6 is 0 Å². The van der Waals surface area contributed by atoms with E-state index in [0.29, 0.717) is 5.92 Å². The Balaban J connectivity index is 1.62. The zero-order valence-electron chi connectivity index (χ0n) is 14.2. The fourth-order valence-electron chi connectivity index (χ4n) is 2.73. The summed E-state index contributed by atoms with van der Waals surface area (Å²) >= 11 is 0. The molecule has 0 aromatic heterocycles. The maximum atomic E-state index is 5.75. The first-order valence-electron chi connectivity index (χ1n) is 8.84. The van der Waals surface area contributed by atoms with E-state index in [0.717, 1.165) is 31.9 Å². The third kappa shape index (κ3) is 6.65. The Bertz CT molecular complexity index is 447. The summed E-state index contributed by atoms with van der Waals surface area (Å²) in [5, 5.41) is 3.54. The minimum atomic E-state index is 0.697. The molecule has 22 heavy (non-hydrogen) atoms. The number of nitrogens with one attached hydrogen (secondary N) is 1. The predicted octanol–water partition coefficient (Wildman–Crippen LogP) is 5.09. The van der Waals surface area contributed by atoms with Crippen LogP contribution in [0.15, 0.2) is 35.9 Å². The van der Waals surface area contributed by atoms with Gasteiger partial charge in [-0.3, -0.25) is 0 Å². The summed E-state index contributed by atoms with van der Waals surface area (Å²) in [7, 11) is 0. The van der Waals surface area contributed by atoms with E-state index in [1.165, 1.54) is 37.7 Å². The maximum absolute atomic E-state index is 5.75. The second-order valence-electron chi connectivity index (χ2n) is 6.71. The van der Waals surface area contributed by atoms with E-state index in [1.807, 2.05) is 0 Å². The Morgan fingerprint density at radius 3 is 2.64 bits per heavy atom. The average Bonchev–Trinajstić information content (AvgIpc) is 2.54. The van der Waals surface area contributed by atoms with Gasteiger partial charge >= 0.3 is 0 Å². The van der Waals surface area contributed by atoms with Crippen LogP contribution in [0.5, 0.6) is 5.75 Å². The molecule has 0 fully saturated rings. The van der Waals surface area contributed by atoms with E-state index in [1.54, 1.807) is 5.57 Å². The monoisotopic (exact) mass is 301 g/mol. The fraction of sp³-hybridized carbons (Fsp3) is 0.600. The number of allylic oxidation sites excluding steroid dienone is 1. The van der Waals surface area contributed by atoms with Crippen LogP contribution in [0.25, 0.3) is 0 Å². The van der Waals surface area contributed by atoms with Crippen LogP contribution in [-0.4, -0.2) is 13.2 Å². The highest BCUT2D eigenvalue weighted by atomic mass is 16.5. The molecule has 1 aliphatic rings. The zero-order chi connectivity index (χ0) is 15.6. The Kier molecular flexibility index (Phi) is 7.51. The molecular formula is C20H31NO. The average molecular weight is 301 g/mol. The third-order valence-corrected chi connectivity index (χ3v) is 4.22. The number of hydrogen-bond donors (Lipinski definition) is 1. The Labute approximate surface area is 136 Å². The second-order valence-corrected chi connectivity index (χ2v) is 6.71. The quantitative estimate of drug-likeness (QED) is 0.506. The number of benzene rings is 1. The topological polar surface area (TPSA) is 21.3 Å². The van der Waals surface area contributed by atoms with Gasteiger partial charge in [0.1, 0.15) is 5.75 Å². The van der Waals surface area contributed by atoms with Gasteiger partial charge in [-0.1, -0.05) is 37.6 Å². The maximum Gasteiger partial charge on any atom is 0.119 e. The van der Waals surface area contributed by atoms with Gasteiger partial charge in [0.2, 0.25) is 0 Å². The molecule has 2 rings (SSSR count). The minimum Gasteiger partial charge on any atom is -0.494 e. The Morgan fingerprint density at radius 1 is 1.14 bits per heavy atom. The Morgan fingerprint density at radius 2 is 1.95 bits per heavy atom. The van der Waals surface area contributed by atoms with Gasteiger partial charge in [-0.05, 0) is 68.7 Å². The lowest BCUT2D eigenvalue weighted by molar-refractivity contribution is 0.289. The first-order valence-corrected chi connectivity index (χ1v) is 8.84. The molecule has 2 heteroatoms. The fourth-order valence-corrected chi connectivity index (χ4v) is 2.73. The molecule has 1 N–H and O–H groups in total. The summed E-state index contributed by atoms with van der Waals surface area (Å²) in [4.78, 5) is 0. The van der Waals surface area contributed by atoms with E-state index in [-0.39, 0.29) is 0 Å². The van der Waals surface area contributed by atoms with Crippen LogP contribution in [0.4, 0.5) is 0 Å². The lowest BCUT2D eigenvalue weighted by Crippen LogP contribution is -2.15. The van der Waals surface area contributed by atoms with Gasteiger partial charge in [0.25, 0.3) is 0 Å². The second kappa shape index (κ2) is 9.68. The van der Waals surface area contributed by atoms with Crippen molar-refractivity contribution in [3.8, 4) is 5.75 Å². The van der Waals surface area contributed by atoms with E-state index in [4.69, 9.17) is 4.74 Å². The highest BCUT2D eigenvalue weighted by Gasteiger charge is 2.03. The standard InChI is InChI=1S/C20H31NO/c1-17(2)13-15-22-20-10-8-19(9-11-20)16-21-14-12-18-6-4-3-5-7-18/h6,8-11,17,21H,3-5,7,12-16H2,1-2H3. The first-order chi connectivity index (χ1) is 10.7. The molecule has 1 aromatic carbocycles. The van der Waals surface area contributed by atoms with Gasteiger partial charge in [0.05, 0.1) is 6.61 Å². The molecule has 2 nitrogen and oxygen atoms in total. The van der Waals surface area contributed by atoms with Gasteiger partial charge in [-0.2, -0.15) is 0 Å². The van der Waals surface area contributed by atoms with Crippen molar-refractivity contribution in [2.75, 3.05) is 13.2 Å². The molecular weight excluding hydrogens is 270 g/mol. The van der Waals surface area contributed by atoms with Crippen molar-refractivity contribution in [1.82, 2.24) is 5.32 Å². The lowest BCUT2D eigenvalue weighted by atomic mass is 9.97. The predicted molar refractivity (Wildman–Crippen MR) is 94.3 cm³/mol. The molecule has 0 bridgehead atoms. The van der Waals surface area contributed by atoms with E-state index < -0.39 is 0 Å². The zero-order valence-corrected chi connectivity index (χ0v) is 14.2. The molecule has 1 aromatic rings. The Hall–Kier alpha value is -1.28. The molecule has 0 saturated heterocycles. The van der Waals surface area contributed by atoms with Gasteiger partial charge in [-0.15, -0.1) is 0 Å². The van der Waals surface area contributed by atoms with Crippen LogP contribution < -0.4 is 10.1 Å². The van der Waals surface area contributed by atoms with Gasteiger partial charge in [-0.25, -0.2) is 0 Å². The van der Waals surface area contributed by atoms with Crippen LogP contribution in [-0.2, 0) is 6.54 Å². The van der Waals surface area contributed by atoms with E-state index >= 15 is 0 Å². The molecule has 0 heterocycles. The van der Waals surface area contributed by atoms with Crippen LogP contribution in [0.2, 0.25) is 0 Å². The third-order valence-electron chi connectivity index (χ3n) is 4.22. The van der Waals surface area contributed by atoms with Crippen molar-refractivity contribution in [3.05, 3.63) is 41.5 Å². The highest BCUT2D eigenvalue weighted by molar-refractivity contribution is 5.27. The number of rotatable bonds is 9. The number of ether oxygens (including phenoxy) is 1. The van der Waals surface area contributed by atoms with E-state index in [9.17, 15) is 0 Å². The summed E-state index contributed by atoms with van der Waals surface area (Å²) in [5.41, 5.74) is 2.97. The van der Waals surface area contributed by atoms with Crippen LogP contribution in [0.3, 0.4) is 0 Å². The van der Waals surface area contributed by atoms with Crippen molar-refractivity contribution < 1.29 is 4.74 Å². The summed E-state index contributed by atoms with van der Waals surface area (Å²) < 4.78 is 5.75.